The number of para-hydroxylation sites is 1. The Morgan fingerprint density at radius 1 is 0.323 bits per heavy atom. The van der Waals surface area contributed by atoms with Gasteiger partial charge < -0.3 is 9.32 Å². The minimum atomic E-state index is -0.0984. The number of nitrogens with zero attached hydrogens (tertiary/aromatic N) is 1. The van der Waals surface area contributed by atoms with Crippen molar-refractivity contribution in [1.29, 1.82) is 0 Å². The fourth-order valence-electron chi connectivity index (χ4n) is 10.3. The van der Waals surface area contributed by atoms with Gasteiger partial charge in [0.15, 0.2) is 0 Å². The van der Waals surface area contributed by atoms with E-state index in [2.05, 4.69) is 249 Å². The molecule has 0 atom stereocenters. The molecular weight excluding hydrogens is 787 g/mol. The van der Waals surface area contributed by atoms with Crippen molar-refractivity contribution in [3.63, 3.8) is 0 Å². The molecule has 0 N–H and O–H groups in total. The topological polar surface area (TPSA) is 16.4 Å². The van der Waals surface area contributed by atoms with Crippen molar-refractivity contribution in [1.82, 2.24) is 0 Å². The Kier molecular flexibility index (Phi) is 9.21. The summed E-state index contributed by atoms with van der Waals surface area (Å²) in [7, 11) is 0. The Hall–Kier alpha value is -8.20. The average Bonchev–Trinajstić information content (AvgIpc) is 3.86. The number of hydrogen-bond donors (Lipinski definition) is 0. The molecule has 0 bridgehead atoms. The second-order valence-corrected chi connectivity index (χ2v) is 17.7. The summed E-state index contributed by atoms with van der Waals surface area (Å²) in [4.78, 5) is 2.47. The fourth-order valence-corrected chi connectivity index (χ4v) is 10.3. The lowest BCUT2D eigenvalue weighted by molar-refractivity contribution is 0.660. The van der Waals surface area contributed by atoms with E-state index < -0.39 is 0 Å². The zero-order chi connectivity index (χ0) is 43.5. The van der Waals surface area contributed by atoms with E-state index in [-0.39, 0.29) is 5.41 Å². The van der Waals surface area contributed by atoms with E-state index in [4.69, 9.17) is 4.42 Å². The van der Waals surface area contributed by atoms with Crippen LogP contribution >= 0.6 is 0 Å². The first-order valence-corrected chi connectivity index (χ1v) is 22.5. The number of fused-ring (bicyclic) bond motifs is 6. The fraction of sp³-hybridized carbons (Fsp3) is 0.0476. The average molecular weight is 832 g/mol. The molecular formula is C63H45NO. The molecule has 0 amide bonds. The lowest BCUT2D eigenvalue weighted by atomic mass is 9.82. The van der Waals surface area contributed by atoms with Gasteiger partial charge in [0, 0.05) is 33.1 Å². The Bertz CT molecular complexity index is 3580. The molecule has 0 spiro atoms. The number of rotatable bonds is 8. The van der Waals surface area contributed by atoms with Crippen LogP contribution in [0.5, 0.6) is 0 Å². The molecule has 0 aliphatic heterocycles. The van der Waals surface area contributed by atoms with Crippen molar-refractivity contribution in [2.75, 3.05) is 4.90 Å². The van der Waals surface area contributed by atoms with Gasteiger partial charge in [-0.25, -0.2) is 0 Å². The summed E-state index contributed by atoms with van der Waals surface area (Å²) >= 11 is 0. The van der Waals surface area contributed by atoms with E-state index in [9.17, 15) is 0 Å². The Labute approximate surface area is 380 Å². The van der Waals surface area contributed by atoms with Crippen LogP contribution in [0.15, 0.2) is 241 Å². The monoisotopic (exact) mass is 831 g/mol. The van der Waals surface area contributed by atoms with Crippen molar-refractivity contribution in [2.45, 2.75) is 19.3 Å². The molecule has 11 aromatic rings. The predicted molar refractivity (Wildman–Crippen MR) is 273 cm³/mol. The van der Waals surface area contributed by atoms with Gasteiger partial charge in [-0.05, 0) is 127 Å². The zero-order valence-electron chi connectivity index (χ0n) is 36.4. The largest absolute Gasteiger partial charge is 0.456 e. The van der Waals surface area contributed by atoms with E-state index in [0.29, 0.717) is 0 Å². The SMILES string of the molecule is CC1(C)c2ccccc2-c2c(-c3cccc(N(c4cccc(-c5ccccc5)c4)c4cccc(-c5ccc6oc7ccccc7c6c5)c4-c4cccc(-c5ccccc5)c4)c3)cccc21. The maximum absolute atomic E-state index is 6.35. The molecule has 65 heavy (non-hydrogen) atoms. The van der Waals surface area contributed by atoms with E-state index >= 15 is 0 Å². The van der Waals surface area contributed by atoms with Gasteiger partial charge in [0.05, 0.1) is 5.69 Å². The van der Waals surface area contributed by atoms with Crippen molar-refractivity contribution in [2.24, 2.45) is 0 Å². The molecule has 308 valence electrons. The maximum atomic E-state index is 6.35. The van der Waals surface area contributed by atoms with E-state index in [0.717, 1.165) is 66.8 Å². The Morgan fingerprint density at radius 3 is 1.60 bits per heavy atom. The highest BCUT2D eigenvalue weighted by atomic mass is 16.3. The van der Waals surface area contributed by atoms with Gasteiger partial charge in [-0.15, -0.1) is 0 Å². The predicted octanol–water partition coefficient (Wildman–Crippen LogP) is 17.7. The Balaban J connectivity index is 1.12. The van der Waals surface area contributed by atoms with Gasteiger partial charge in [0.25, 0.3) is 0 Å². The molecule has 12 rings (SSSR count). The summed E-state index contributed by atoms with van der Waals surface area (Å²) in [5.41, 5.74) is 21.9. The van der Waals surface area contributed by atoms with Crippen molar-refractivity contribution < 1.29 is 4.42 Å². The third-order valence-electron chi connectivity index (χ3n) is 13.5. The van der Waals surface area contributed by atoms with Gasteiger partial charge in [-0.1, -0.05) is 196 Å². The summed E-state index contributed by atoms with van der Waals surface area (Å²) in [5, 5.41) is 2.22. The highest BCUT2D eigenvalue weighted by molar-refractivity contribution is 6.08. The molecule has 0 saturated heterocycles. The lowest BCUT2D eigenvalue weighted by Crippen LogP contribution is -2.14. The molecule has 1 aliphatic carbocycles. The smallest absolute Gasteiger partial charge is 0.135 e. The van der Waals surface area contributed by atoms with Gasteiger partial charge in [-0.2, -0.15) is 0 Å². The number of hydrogen-bond acceptors (Lipinski definition) is 2. The number of furan rings is 1. The van der Waals surface area contributed by atoms with Gasteiger partial charge in [0.2, 0.25) is 0 Å². The summed E-state index contributed by atoms with van der Waals surface area (Å²) < 4.78 is 6.35. The van der Waals surface area contributed by atoms with E-state index in [1.807, 2.05) is 6.07 Å². The zero-order valence-corrected chi connectivity index (χ0v) is 36.4. The lowest BCUT2D eigenvalue weighted by Gasteiger charge is -2.30. The van der Waals surface area contributed by atoms with Crippen LogP contribution < -0.4 is 4.90 Å². The number of anilines is 3. The van der Waals surface area contributed by atoms with Crippen LogP contribution in [0.3, 0.4) is 0 Å². The van der Waals surface area contributed by atoms with Crippen molar-refractivity contribution >= 4 is 39.0 Å². The molecule has 1 heterocycles. The molecule has 0 radical (unpaired) electrons. The van der Waals surface area contributed by atoms with E-state index in [1.54, 1.807) is 0 Å². The standard InChI is InChI=1S/C63H45NO/c1-63(2)56-32-11-9-29-54(56)62-52(30-16-33-57(62)63)46-24-15-27-50(40-46)64(49-26-14-23-45(39-49)43-20-7-4-8-21-43)58-34-17-31-51(47-36-37-60-55(41-47)53-28-10-12-35-59(53)65-60)61(58)48-25-13-22-44(38-48)42-18-5-3-6-19-42/h3-41H,1-2H3. The number of benzene rings is 10. The maximum Gasteiger partial charge on any atom is 0.135 e. The quantitative estimate of drug-likeness (QED) is 0.152. The third-order valence-corrected chi connectivity index (χ3v) is 13.5. The summed E-state index contributed by atoms with van der Waals surface area (Å²) in [6.07, 6.45) is 0. The minimum Gasteiger partial charge on any atom is -0.456 e. The first kappa shape index (κ1) is 38.5. The van der Waals surface area contributed by atoms with Crippen molar-refractivity contribution in [3.8, 4) is 66.8 Å². The van der Waals surface area contributed by atoms with Crippen molar-refractivity contribution in [3.05, 3.63) is 248 Å². The van der Waals surface area contributed by atoms with Gasteiger partial charge in [-0.3, -0.25) is 0 Å². The van der Waals surface area contributed by atoms with Gasteiger partial charge >= 0.3 is 0 Å². The first-order chi connectivity index (χ1) is 32.0. The van der Waals surface area contributed by atoms with Crippen LogP contribution in [-0.4, -0.2) is 0 Å². The van der Waals surface area contributed by atoms with Crippen LogP contribution in [0.2, 0.25) is 0 Å². The van der Waals surface area contributed by atoms with Crippen LogP contribution in [0, 0.1) is 0 Å². The van der Waals surface area contributed by atoms with Crippen LogP contribution in [0.25, 0.3) is 88.7 Å². The third kappa shape index (κ3) is 6.57. The summed E-state index contributed by atoms with van der Waals surface area (Å²) in [6, 6.07) is 86.1. The molecule has 2 heteroatoms. The summed E-state index contributed by atoms with van der Waals surface area (Å²) in [6.45, 7) is 4.71. The van der Waals surface area contributed by atoms with Crippen LogP contribution in [0.1, 0.15) is 25.0 Å². The van der Waals surface area contributed by atoms with Gasteiger partial charge in [0.1, 0.15) is 11.2 Å². The highest BCUT2D eigenvalue weighted by Crippen LogP contribution is 2.53. The Morgan fingerprint density at radius 2 is 0.831 bits per heavy atom. The normalized spacial score (nSPS) is 12.6. The van der Waals surface area contributed by atoms with Crippen LogP contribution in [-0.2, 0) is 5.41 Å². The molecule has 2 nitrogen and oxygen atoms in total. The molecule has 0 saturated carbocycles. The van der Waals surface area contributed by atoms with E-state index in [1.165, 1.54) is 50.1 Å². The molecule has 0 fully saturated rings. The first-order valence-electron chi connectivity index (χ1n) is 22.5. The second-order valence-electron chi connectivity index (χ2n) is 17.7. The molecule has 0 unspecified atom stereocenters. The second kappa shape index (κ2) is 15.6. The summed E-state index contributed by atoms with van der Waals surface area (Å²) in [5.74, 6) is 0. The minimum absolute atomic E-state index is 0.0984. The van der Waals surface area contributed by atoms with Crippen LogP contribution in [0.4, 0.5) is 17.1 Å². The molecule has 1 aromatic heterocycles. The molecule has 10 aromatic carbocycles. The molecule has 1 aliphatic rings. The highest BCUT2D eigenvalue weighted by Gasteiger charge is 2.36.